The molecule has 3 aliphatic heterocycles. The van der Waals surface area contributed by atoms with Crippen LogP contribution in [0.25, 0.3) is 0 Å². The van der Waals surface area contributed by atoms with Crippen LogP contribution in [0.1, 0.15) is 18.5 Å². The van der Waals surface area contributed by atoms with E-state index in [0.29, 0.717) is 25.1 Å². The number of hydrogen-bond acceptors (Lipinski definition) is 5. The maximum atomic E-state index is 12.8. The molecule has 152 valence electrons. The van der Waals surface area contributed by atoms with Gasteiger partial charge in [0.05, 0.1) is 0 Å². The summed E-state index contributed by atoms with van der Waals surface area (Å²) in [7, 11) is -2.75. The van der Waals surface area contributed by atoms with Crippen molar-refractivity contribution in [2.45, 2.75) is 24.0 Å². The van der Waals surface area contributed by atoms with Crippen LogP contribution in [0, 0.1) is 11.3 Å². The van der Waals surface area contributed by atoms with Gasteiger partial charge in [0.2, 0.25) is 0 Å². The molecule has 27 heavy (non-hydrogen) atoms. The summed E-state index contributed by atoms with van der Waals surface area (Å²) >= 11 is 0. The molecule has 1 aromatic rings. The number of halogens is 3. The number of sulfonamides is 1. The topological polar surface area (TPSA) is 67.7 Å². The maximum Gasteiger partial charge on any atom is 0.435 e. The van der Waals surface area contributed by atoms with Crippen LogP contribution >= 0.6 is 0 Å². The first kappa shape index (κ1) is 19.2. The summed E-state index contributed by atoms with van der Waals surface area (Å²) in [5.74, 6) is 0.631. The average molecular weight is 408 g/mol. The molecule has 3 fully saturated rings. The second-order valence-corrected chi connectivity index (χ2v) is 9.87. The number of alkyl halides is 3. The molecule has 0 bridgehead atoms. The second-order valence-electron chi connectivity index (χ2n) is 7.99. The molecule has 0 amide bonds. The zero-order chi connectivity index (χ0) is 19.4. The fraction of sp³-hybridized carbons (Fsp3) is 0.812. The lowest BCUT2D eigenvalue weighted by molar-refractivity contribution is -0.141. The van der Waals surface area contributed by atoms with Crippen molar-refractivity contribution in [3.05, 3.63) is 11.8 Å². The minimum absolute atomic E-state index is 0.0519. The number of aryl methyl sites for hydroxylation is 1. The monoisotopic (exact) mass is 408 g/mol. The van der Waals surface area contributed by atoms with E-state index in [2.05, 4.69) is 10.00 Å². The van der Waals surface area contributed by atoms with Crippen LogP contribution in [-0.4, -0.2) is 73.3 Å². The molecule has 0 N–H and O–H groups in total. The van der Waals surface area contributed by atoms with E-state index in [9.17, 15) is 21.6 Å². The van der Waals surface area contributed by atoms with Gasteiger partial charge in [-0.15, -0.1) is 0 Å². The van der Waals surface area contributed by atoms with Gasteiger partial charge in [0.25, 0.3) is 10.0 Å². The molecular formula is C16H23F3N4O3S. The number of aromatic nitrogens is 2. The van der Waals surface area contributed by atoms with Gasteiger partial charge in [-0.2, -0.15) is 22.6 Å². The zero-order valence-electron chi connectivity index (χ0n) is 15.1. The minimum Gasteiger partial charge on any atom is -0.381 e. The highest BCUT2D eigenvalue weighted by molar-refractivity contribution is 7.89. The van der Waals surface area contributed by atoms with Gasteiger partial charge in [0, 0.05) is 64.5 Å². The van der Waals surface area contributed by atoms with Gasteiger partial charge in [-0.25, -0.2) is 8.42 Å². The Bertz CT molecular complexity index is 803. The Morgan fingerprint density at radius 1 is 1.22 bits per heavy atom. The molecule has 0 atom stereocenters. The molecule has 7 nitrogen and oxygen atoms in total. The first-order valence-electron chi connectivity index (χ1n) is 9.01. The molecular weight excluding hydrogens is 385 g/mol. The van der Waals surface area contributed by atoms with Gasteiger partial charge < -0.3 is 9.64 Å². The Kier molecular flexibility index (Phi) is 4.56. The van der Waals surface area contributed by atoms with Gasteiger partial charge >= 0.3 is 6.18 Å². The molecule has 1 aromatic heterocycles. The van der Waals surface area contributed by atoms with Crippen LogP contribution in [0.2, 0.25) is 0 Å². The quantitative estimate of drug-likeness (QED) is 0.748. The highest BCUT2D eigenvalue weighted by Gasteiger charge is 2.55. The Hall–Kier alpha value is -1.17. The number of nitrogens with zero attached hydrogens (tertiary/aromatic N) is 4. The summed E-state index contributed by atoms with van der Waals surface area (Å²) in [4.78, 5) is 2.34. The van der Waals surface area contributed by atoms with Crippen LogP contribution in [0.5, 0.6) is 0 Å². The van der Waals surface area contributed by atoms with E-state index < -0.39 is 26.9 Å². The Morgan fingerprint density at radius 3 is 2.41 bits per heavy atom. The molecule has 0 radical (unpaired) electrons. The van der Waals surface area contributed by atoms with Crippen LogP contribution in [0.4, 0.5) is 13.2 Å². The van der Waals surface area contributed by atoms with Crippen LogP contribution in [0.3, 0.4) is 0 Å². The minimum atomic E-state index is -4.67. The van der Waals surface area contributed by atoms with E-state index in [1.165, 1.54) is 11.4 Å². The number of ether oxygens (including phenoxy) is 1. The molecule has 4 heterocycles. The number of likely N-dealkylation sites (tertiary alicyclic amines) is 1. The van der Waals surface area contributed by atoms with Crippen LogP contribution in [-0.2, 0) is 28.0 Å². The first-order chi connectivity index (χ1) is 12.6. The van der Waals surface area contributed by atoms with Crippen molar-refractivity contribution >= 4 is 10.0 Å². The van der Waals surface area contributed by atoms with Crippen molar-refractivity contribution in [1.29, 1.82) is 0 Å². The van der Waals surface area contributed by atoms with Gasteiger partial charge in [-0.1, -0.05) is 0 Å². The third-order valence-electron chi connectivity index (χ3n) is 5.73. The van der Waals surface area contributed by atoms with Crippen molar-refractivity contribution in [3.63, 3.8) is 0 Å². The lowest BCUT2D eigenvalue weighted by atomic mass is 9.74. The number of hydrogen-bond donors (Lipinski definition) is 0. The van der Waals surface area contributed by atoms with Crippen LogP contribution < -0.4 is 0 Å². The predicted octanol–water partition coefficient (Wildman–Crippen LogP) is 1.17. The van der Waals surface area contributed by atoms with E-state index in [-0.39, 0.29) is 5.41 Å². The summed E-state index contributed by atoms with van der Waals surface area (Å²) < 4.78 is 71.1. The molecule has 3 saturated heterocycles. The normalized spacial score (nSPS) is 24.7. The first-order valence-corrected chi connectivity index (χ1v) is 10.4. The molecule has 0 unspecified atom stereocenters. The Balaban J connectivity index is 1.35. The largest absolute Gasteiger partial charge is 0.435 e. The van der Waals surface area contributed by atoms with E-state index in [1.54, 1.807) is 0 Å². The molecule has 11 heteroatoms. The summed E-state index contributed by atoms with van der Waals surface area (Å²) in [6.45, 7) is 5.01. The van der Waals surface area contributed by atoms with E-state index in [1.807, 2.05) is 0 Å². The lowest BCUT2D eigenvalue weighted by Crippen LogP contribution is -2.73. The van der Waals surface area contributed by atoms with Crippen molar-refractivity contribution in [2.75, 3.05) is 45.9 Å². The molecule has 0 aliphatic carbocycles. The maximum absolute atomic E-state index is 12.8. The fourth-order valence-corrected chi connectivity index (χ4v) is 6.15. The molecule has 0 aromatic carbocycles. The standard InChI is InChI=1S/C16H23F3N4O3S/c1-21-14(6-13(20-21)16(17,18)19)27(24,25)23-10-15(11-23)8-22(9-15)7-12-2-4-26-5-3-12/h6,12H,2-5,7-11H2,1H3. The number of rotatable bonds is 4. The lowest BCUT2D eigenvalue weighted by Gasteiger charge is -2.60. The fourth-order valence-electron chi connectivity index (χ4n) is 4.36. The van der Waals surface area contributed by atoms with Crippen LogP contribution in [0.15, 0.2) is 11.1 Å². The van der Waals surface area contributed by atoms with Crippen molar-refractivity contribution < 1.29 is 26.3 Å². The van der Waals surface area contributed by atoms with Crippen molar-refractivity contribution in [1.82, 2.24) is 19.0 Å². The Morgan fingerprint density at radius 2 is 1.85 bits per heavy atom. The van der Waals surface area contributed by atoms with Crippen molar-refractivity contribution in [2.24, 2.45) is 18.4 Å². The second kappa shape index (κ2) is 6.43. The van der Waals surface area contributed by atoms with E-state index >= 15 is 0 Å². The third-order valence-corrected chi connectivity index (χ3v) is 7.58. The van der Waals surface area contributed by atoms with Gasteiger partial charge in [0.1, 0.15) is 0 Å². The SMILES string of the molecule is Cn1nc(C(F)(F)F)cc1S(=O)(=O)N1CC2(CN(CC3CCOCC3)C2)C1. The highest BCUT2D eigenvalue weighted by atomic mass is 32.2. The predicted molar refractivity (Wildman–Crippen MR) is 89.4 cm³/mol. The molecule has 4 rings (SSSR count). The smallest absolute Gasteiger partial charge is 0.381 e. The third kappa shape index (κ3) is 3.50. The van der Waals surface area contributed by atoms with Gasteiger partial charge in [0.15, 0.2) is 10.7 Å². The zero-order valence-corrected chi connectivity index (χ0v) is 15.9. The van der Waals surface area contributed by atoms with E-state index in [0.717, 1.165) is 50.4 Å². The van der Waals surface area contributed by atoms with Crippen molar-refractivity contribution in [3.8, 4) is 0 Å². The van der Waals surface area contributed by atoms with Gasteiger partial charge in [-0.3, -0.25) is 4.68 Å². The van der Waals surface area contributed by atoms with Gasteiger partial charge in [-0.05, 0) is 18.8 Å². The summed E-state index contributed by atoms with van der Waals surface area (Å²) in [6.07, 6.45) is -2.54. The summed E-state index contributed by atoms with van der Waals surface area (Å²) in [6, 6.07) is 0.610. The van der Waals surface area contributed by atoms with E-state index in [4.69, 9.17) is 4.74 Å². The summed E-state index contributed by atoms with van der Waals surface area (Å²) in [5, 5.41) is 2.89. The Labute approximate surface area is 156 Å². The molecule has 1 spiro atoms. The highest BCUT2D eigenvalue weighted by Crippen LogP contribution is 2.43. The average Bonchev–Trinajstić information content (AvgIpc) is 2.92. The summed E-state index contributed by atoms with van der Waals surface area (Å²) in [5.41, 5.74) is -1.24. The molecule has 0 saturated carbocycles. The molecule has 3 aliphatic rings.